The van der Waals surface area contributed by atoms with Gasteiger partial charge < -0.3 is 18.8 Å². The molecule has 1 aromatic heterocycles. The third-order valence-corrected chi connectivity index (χ3v) is 5.07. The quantitative estimate of drug-likeness (QED) is 0.796. The highest BCUT2D eigenvalue weighted by Crippen LogP contribution is 2.24. The Labute approximate surface area is 153 Å². The second-order valence-corrected chi connectivity index (χ2v) is 6.92. The summed E-state index contributed by atoms with van der Waals surface area (Å²) in [5.41, 5.74) is 1.20. The lowest BCUT2D eigenvalue weighted by molar-refractivity contribution is 0.0971. The fourth-order valence-corrected chi connectivity index (χ4v) is 3.66. The van der Waals surface area contributed by atoms with Crippen molar-refractivity contribution in [2.75, 3.05) is 26.2 Å². The third-order valence-electron chi connectivity index (χ3n) is 5.07. The largest absolute Gasteiger partial charge is 0.490 e. The first-order valence-electron chi connectivity index (χ1n) is 9.16. The maximum absolute atomic E-state index is 12.3. The van der Waals surface area contributed by atoms with Gasteiger partial charge in [-0.2, -0.15) is 0 Å². The fraction of sp³-hybridized carbons (Fsp3) is 0.450. The molecule has 2 aromatic rings. The van der Waals surface area contributed by atoms with E-state index in [9.17, 15) is 4.79 Å². The first-order chi connectivity index (χ1) is 12.8. The minimum Gasteiger partial charge on any atom is -0.490 e. The molecular weight excluding hydrogens is 332 g/mol. The number of amides is 1. The minimum atomic E-state index is -0.208. The summed E-state index contributed by atoms with van der Waals surface area (Å²) in [6.07, 6.45) is 5.03. The second-order valence-electron chi connectivity index (χ2n) is 6.92. The lowest BCUT2D eigenvalue weighted by Gasteiger charge is -2.35. The van der Waals surface area contributed by atoms with E-state index in [1.54, 1.807) is 12.5 Å². The van der Waals surface area contributed by atoms with Gasteiger partial charge in [-0.3, -0.25) is 4.90 Å². The van der Waals surface area contributed by atoms with Crippen molar-refractivity contribution in [3.63, 3.8) is 0 Å². The number of piperidine rings is 1. The van der Waals surface area contributed by atoms with E-state index in [4.69, 9.17) is 13.9 Å². The number of carbonyl (C=O) groups is 1. The van der Waals surface area contributed by atoms with Crippen molar-refractivity contribution in [3.8, 4) is 5.75 Å². The van der Waals surface area contributed by atoms with Crippen molar-refractivity contribution in [1.82, 2.24) is 9.80 Å². The molecule has 2 aliphatic heterocycles. The average molecular weight is 356 g/mol. The molecule has 26 heavy (non-hydrogen) atoms. The lowest BCUT2D eigenvalue weighted by atomic mass is 10.0. The SMILES string of the molecule is O=C1OC(COc2ccccc2)CN1C1CCN(Cc2ccoc2)CC1. The van der Waals surface area contributed by atoms with Gasteiger partial charge in [-0.15, -0.1) is 0 Å². The molecule has 6 heteroatoms. The molecule has 2 fully saturated rings. The van der Waals surface area contributed by atoms with Crippen molar-refractivity contribution >= 4 is 6.09 Å². The smallest absolute Gasteiger partial charge is 0.410 e. The molecule has 3 heterocycles. The van der Waals surface area contributed by atoms with Gasteiger partial charge in [-0.05, 0) is 31.0 Å². The summed E-state index contributed by atoms with van der Waals surface area (Å²) in [5.74, 6) is 0.801. The monoisotopic (exact) mass is 356 g/mol. The molecule has 0 N–H and O–H groups in total. The first kappa shape index (κ1) is 17.0. The van der Waals surface area contributed by atoms with Crippen LogP contribution < -0.4 is 4.74 Å². The van der Waals surface area contributed by atoms with Crippen molar-refractivity contribution in [1.29, 1.82) is 0 Å². The first-order valence-corrected chi connectivity index (χ1v) is 9.16. The van der Waals surface area contributed by atoms with Crippen LogP contribution in [0.1, 0.15) is 18.4 Å². The summed E-state index contributed by atoms with van der Waals surface area (Å²) >= 11 is 0. The van der Waals surface area contributed by atoms with E-state index in [1.807, 2.05) is 41.3 Å². The number of hydrogen-bond donors (Lipinski definition) is 0. The molecule has 0 aliphatic carbocycles. The number of likely N-dealkylation sites (tertiary alicyclic amines) is 1. The van der Waals surface area contributed by atoms with Crippen LogP contribution in [0.25, 0.3) is 0 Å². The van der Waals surface area contributed by atoms with Gasteiger partial charge in [0.15, 0.2) is 6.10 Å². The van der Waals surface area contributed by atoms with Gasteiger partial charge in [0, 0.05) is 31.2 Å². The Morgan fingerprint density at radius 1 is 1.12 bits per heavy atom. The number of nitrogens with zero attached hydrogens (tertiary/aromatic N) is 2. The summed E-state index contributed by atoms with van der Waals surface area (Å²) in [7, 11) is 0. The van der Waals surface area contributed by atoms with Crippen molar-refractivity contribution < 1.29 is 18.7 Å². The Bertz CT molecular complexity index is 696. The predicted octanol–water partition coefficient (Wildman–Crippen LogP) is 3.14. The molecule has 0 saturated carbocycles. The van der Waals surface area contributed by atoms with E-state index < -0.39 is 0 Å². The van der Waals surface area contributed by atoms with Crippen LogP contribution in [0, 0.1) is 0 Å². The summed E-state index contributed by atoms with van der Waals surface area (Å²) in [4.78, 5) is 16.5. The molecule has 0 radical (unpaired) electrons. The number of ether oxygens (including phenoxy) is 2. The van der Waals surface area contributed by atoms with Crippen LogP contribution in [0.3, 0.4) is 0 Å². The number of rotatable bonds is 6. The number of furan rings is 1. The van der Waals surface area contributed by atoms with Crippen LogP contribution >= 0.6 is 0 Å². The van der Waals surface area contributed by atoms with Crippen LogP contribution in [0.2, 0.25) is 0 Å². The molecular formula is C20H24N2O4. The normalized spacial score (nSPS) is 21.8. The highest BCUT2D eigenvalue weighted by molar-refractivity contribution is 5.70. The third kappa shape index (κ3) is 4.02. The number of benzene rings is 1. The maximum Gasteiger partial charge on any atom is 0.410 e. The zero-order valence-corrected chi connectivity index (χ0v) is 14.8. The van der Waals surface area contributed by atoms with Gasteiger partial charge in [-0.1, -0.05) is 18.2 Å². The van der Waals surface area contributed by atoms with Crippen molar-refractivity contribution in [2.45, 2.75) is 31.5 Å². The molecule has 2 aliphatic rings. The van der Waals surface area contributed by atoms with Gasteiger partial charge >= 0.3 is 6.09 Å². The molecule has 0 spiro atoms. The average Bonchev–Trinajstić information content (AvgIpc) is 3.31. The standard InChI is InChI=1S/C20H24N2O4/c23-20-22(13-19(26-20)15-25-18-4-2-1-3-5-18)17-6-9-21(10-7-17)12-16-8-11-24-14-16/h1-5,8,11,14,17,19H,6-7,9-10,12-13,15H2. The number of para-hydroxylation sites is 1. The Balaban J connectivity index is 1.24. The predicted molar refractivity (Wildman–Crippen MR) is 95.9 cm³/mol. The Hall–Kier alpha value is -2.47. The summed E-state index contributed by atoms with van der Waals surface area (Å²) in [6, 6.07) is 11.9. The highest BCUT2D eigenvalue weighted by Gasteiger charge is 2.37. The molecule has 0 bridgehead atoms. The zero-order valence-electron chi connectivity index (χ0n) is 14.8. The van der Waals surface area contributed by atoms with Crippen LogP contribution in [0.5, 0.6) is 5.75 Å². The maximum atomic E-state index is 12.3. The van der Waals surface area contributed by atoms with E-state index in [0.29, 0.717) is 13.2 Å². The molecule has 2 saturated heterocycles. The Morgan fingerprint density at radius 2 is 1.92 bits per heavy atom. The summed E-state index contributed by atoms with van der Waals surface area (Å²) < 4.78 is 16.4. The molecule has 4 rings (SSSR count). The molecule has 6 nitrogen and oxygen atoms in total. The molecule has 138 valence electrons. The van der Waals surface area contributed by atoms with Crippen LogP contribution in [0.15, 0.2) is 53.3 Å². The van der Waals surface area contributed by atoms with Gasteiger partial charge in [0.2, 0.25) is 0 Å². The van der Waals surface area contributed by atoms with E-state index in [0.717, 1.165) is 38.2 Å². The second kappa shape index (κ2) is 7.83. The van der Waals surface area contributed by atoms with E-state index in [2.05, 4.69) is 4.90 Å². The highest BCUT2D eigenvalue weighted by atomic mass is 16.6. The Kier molecular flexibility index (Phi) is 5.11. The van der Waals surface area contributed by atoms with E-state index in [-0.39, 0.29) is 18.2 Å². The zero-order chi connectivity index (χ0) is 17.8. The van der Waals surface area contributed by atoms with E-state index in [1.165, 1.54) is 5.56 Å². The number of cyclic esters (lactones) is 1. The van der Waals surface area contributed by atoms with Crippen LogP contribution in [-0.2, 0) is 11.3 Å². The van der Waals surface area contributed by atoms with Crippen molar-refractivity contribution in [2.24, 2.45) is 0 Å². The van der Waals surface area contributed by atoms with Gasteiger partial charge in [0.1, 0.15) is 12.4 Å². The number of hydrogen-bond acceptors (Lipinski definition) is 5. The fourth-order valence-electron chi connectivity index (χ4n) is 3.66. The molecule has 1 unspecified atom stereocenters. The Morgan fingerprint density at radius 3 is 2.65 bits per heavy atom. The van der Waals surface area contributed by atoms with Crippen molar-refractivity contribution in [3.05, 3.63) is 54.5 Å². The molecule has 1 atom stereocenters. The topological polar surface area (TPSA) is 55.2 Å². The minimum absolute atomic E-state index is 0.202. The van der Waals surface area contributed by atoms with Crippen LogP contribution in [-0.4, -0.2) is 54.3 Å². The summed E-state index contributed by atoms with van der Waals surface area (Å²) in [6.45, 7) is 3.86. The number of carbonyl (C=O) groups excluding carboxylic acids is 1. The van der Waals surface area contributed by atoms with Crippen LogP contribution in [0.4, 0.5) is 4.79 Å². The van der Waals surface area contributed by atoms with Gasteiger partial charge in [0.25, 0.3) is 0 Å². The van der Waals surface area contributed by atoms with E-state index >= 15 is 0 Å². The molecule has 1 aromatic carbocycles. The molecule has 1 amide bonds. The summed E-state index contributed by atoms with van der Waals surface area (Å²) in [5, 5.41) is 0. The van der Waals surface area contributed by atoms with Gasteiger partial charge in [-0.25, -0.2) is 4.79 Å². The lowest BCUT2D eigenvalue weighted by Crippen LogP contribution is -2.45. The van der Waals surface area contributed by atoms with Gasteiger partial charge in [0.05, 0.1) is 19.1 Å².